The number of nitrogens with zero attached hydrogens (tertiary/aromatic N) is 2. The zero-order valence-corrected chi connectivity index (χ0v) is 12.6. The Kier molecular flexibility index (Phi) is 4.57. The molecule has 0 saturated carbocycles. The molecule has 0 fully saturated rings. The number of aromatic nitrogens is 2. The quantitative estimate of drug-likeness (QED) is 0.935. The number of carbonyl (C=O) groups excluding carboxylic acids is 1. The van der Waals surface area contributed by atoms with E-state index in [2.05, 4.69) is 15.3 Å². The fourth-order valence-corrected chi connectivity index (χ4v) is 2.34. The summed E-state index contributed by atoms with van der Waals surface area (Å²) in [5.74, 6) is 0.654. The van der Waals surface area contributed by atoms with Crippen LogP contribution >= 0.6 is 23.2 Å². The number of benzene rings is 1. The molecular formula is C14H13Cl2N3O. The summed E-state index contributed by atoms with van der Waals surface area (Å²) in [6.45, 7) is 3.76. The van der Waals surface area contributed by atoms with Gasteiger partial charge in [-0.3, -0.25) is 4.79 Å². The molecular weight excluding hydrogens is 297 g/mol. The van der Waals surface area contributed by atoms with Crippen molar-refractivity contribution in [3.63, 3.8) is 0 Å². The molecule has 4 nitrogen and oxygen atoms in total. The molecule has 1 aromatic heterocycles. The third-order valence-electron chi connectivity index (χ3n) is 2.68. The predicted molar refractivity (Wildman–Crippen MR) is 80.6 cm³/mol. The minimum atomic E-state index is -0.388. The Hall–Kier alpha value is -1.65. The van der Waals surface area contributed by atoms with Crippen molar-refractivity contribution in [1.82, 2.24) is 9.97 Å². The lowest BCUT2D eigenvalue weighted by molar-refractivity contribution is 0.102. The first-order chi connectivity index (χ1) is 9.51. The second kappa shape index (κ2) is 6.20. The van der Waals surface area contributed by atoms with Crippen LogP contribution in [0.3, 0.4) is 0 Å². The first kappa shape index (κ1) is 14.8. The molecule has 1 amide bonds. The third kappa shape index (κ3) is 3.26. The van der Waals surface area contributed by atoms with Gasteiger partial charge in [0.25, 0.3) is 5.91 Å². The Morgan fingerprint density at radius 1 is 1.25 bits per heavy atom. The van der Waals surface area contributed by atoms with Gasteiger partial charge in [0, 0.05) is 11.8 Å². The minimum absolute atomic E-state index is 0.241. The number of aryl methyl sites for hydroxylation is 2. The number of halogens is 2. The summed E-state index contributed by atoms with van der Waals surface area (Å²) >= 11 is 12.0. The zero-order chi connectivity index (χ0) is 14.7. The van der Waals surface area contributed by atoms with E-state index < -0.39 is 0 Å². The van der Waals surface area contributed by atoms with E-state index in [0.717, 1.165) is 12.1 Å². The van der Waals surface area contributed by atoms with Gasteiger partial charge in [-0.2, -0.15) is 0 Å². The second-order valence-corrected chi connectivity index (χ2v) is 5.01. The molecule has 0 radical (unpaired) electrons. The molecule has 0 spiro atoms. The Morgan fingerprint density at radius 3 is 2.50 bits per heavy atom. The highest BCUT2D eigenvalue weighted by Gasteiger charge is 2.15. The van der Waals surface area contributed by atoms with Crippen LogP contribution in [0.25, 0.3) is 0 Å². The molecule has 104 valence electrons. The maximum absolute atomic E-state index is 12.2. The van der Waals surface area contributed by atoms with E-state index in [0.29, 0.717) is 21.7 Å². The summed E-state index contributed by atoms with van der Waals surface area (Å²) in [6, 6.07) is 6.65. The van der Waals surface area contributed by atoms with Gasteiger partial charge in [-0.15, -0.1) is 0 Å². The average molecular weight is 310 g/mol. The average Bonchev–Trinajstić information content (AvgIpc) is 2.37. The van der Waals surface area contributed by atoms with Crippen molar-refractivity contribution in [1.29, 1.82) is 0 Å². The highest BCUT2D eigenvalue weighted by atomic mass is 35.5. The van der Waals surface area contributed by atoms with Crippen molar-refractivity contribution in [3.05, 3.63) is 51.4 Å². The van der Waals surface area contributed by atoms with Crippen molar-refractivity contribution in [2.75, 3.05) is 5.32 Å². The normalized spacial score (nSPS) is 10.4. The van der Waals surface area contributed by atoms with Crippen LogP contribution < -0.4 is 5.32 Å². The lowest BCUT2D eigenvalue weighted by atomic mass is 10.2. The molecule has 0 atom stereocenters. The highest BCUT2D eigenvalue weighted by Crippen LogP contribution is 2.25. The number of carbonyl (C=O) groups is 1. The molecule has 20 heavy (non-hydrogen) atoms. The van der Waals surface area contributed by atoms with E-state index in [-0.39, 0.29) is 11.5 Å². The zero-order valence-electron chi connectivity index (χ0n) is 11.1. The molecule has 0 unspecified atom stereocenters. The Balaban J connectivity index is 2.30. The number of hydrogen-bond donors (Lipinski definition) is 1. The Morgan fingerprint density at radius 2 is 1.90 bits per heavy atom. The van der Waals surface area contributed by atoms with E-state index in [1.165, 1.54) is 0 Å². The first-order valence-electron chi connectivity index (χ1n) is 6.11. The number of rotatable bonds is 3. The van der Waals surface area contributed by atoms with Crippen LogP contribution in [-0.4, -0.2) is 15.9 Å². The molecule has 2 rings (SSSR count). The van der Waals surface area contributed by atoms with Crippen molar-refractivity contribution < 1.29 is 4.79 Å². The topological polar surface area (TPSA) is 54.9 Å². The predicted octanol–water partition coefficient (Wildman–Crippen LogP) is 3.91. The van der Waals surface area contributed by atoms with Crippen LogP contribution in [0.1, 0.15) is 28.8 Å². The van der Waals surface area contributed by atoms with Gasteiger partial charge in [0.15, 0.2) is 0 Å². The van der Waals surface area contributed by atoms with Crippen LogP contribution in [0, 0.1) is 6.92 Å². The SMILES string of the molecule is CCc1cc(NC(=O)c2c(Cl)cccc2Cl)nc(C)n1. The van der Waals surface area contributed by atoms with E-state index >= 15 is 0 Å². The van der Waals surface area contributed by atoms with E-state index in [1.54, 1.807) is 31.2 Å². The number of nitrogens with one attached hydrogen (secondary N) is 1. The number of anilines is 1. The van der Waals surface area contributed by atoms with Gasteiger partial charge < -0.3 is 5.32 Å². The molecule has 6 heteroatoms. The molecule has 2 aromatic rings. The van der Waals surface area contributed by atoms with E-state index in [1.807, 2.05) is 6.92 Å². The summed E-state index contributed by atoms with van der Waals surface area (Å²) in [5.41, 5.74) is 1.10. The summed E-state index contributed by atoms with van der Waals surface area (Å²) in [7, 11) is 0. The fraction of sp³-hybridized carbons (Fsp3) is 0.214. The third-order valence-corrected chi connectivity index (χ3v) is 3.31. The summed E-state index contributed by atoms with van der Waals surface area (Å²) in [5, 5.41) is 3.30. The fourth-order valence-electron chi connectivity index (χ4n) is 1.77. The van der Waals surface area contributed by atoms with Gasteiger partial charge in [-0.05, 0) is 25.5 Å². The number of hydrogen-bond acceptors (Lipinski definition) is 3. The van der Waals surface area contributed by atoms with Crippen molar-refractivity contribution >= 4 is 34.9 Å². The van der Waals surface area contributed by atoms with Gasteiger partial charge in [0.1, 0.15) is 11.6 Å². The van der Waals surface area contributed by atoms with Crippen molar-refractivity contribution in [2.24, 2.45) is 0 Å². The smallest absolute Gasteiger partial charge is 0.259 e. The van der Waals surface area contributed by atoms with Crippen LogP contribution in [0.2, 0.25) is 10.0 Å². The summed E-state index contributed by atoms with van der Waals surface area (Å²) in [6.07, 6.45) is 0.763. The lowest BCUT2D eigenvalue weighted by Gasteiger charge is -2.09. The first-order valence-corrected chi connectivity index (χ1v) is 6.86. The van der Waals surface area contributed by atoms with Crippen LogP contribution in [0.15, 0.2) is 24.3 Å². The molecule has 1 aromatic carbocycles. The number of amides is 1. The standard InChI is InChI=1S/C14H13Cl2N3O/c1-3-9-7-12(18-8(2)17-9)19-14(20)13-10(15)5-4-6-11(13)16/h4-7H,3H2,1-2H3,(H,17,18,19,20). The van der Waals surface area contributed by atoms with E-state index in [9.17, 15) is 4.79 Å². The maximum atomic E-state index is 12.2. The Bertz CT molecular complexity index is 639. The van der Waals surface area contributed by atoms with Crippen LogP contribution in [0.5, 0.6) is 0 Å². The summed E-state index contributed by atoms with van der Waals surface area (Å²) < 4.78 is 0. The van der Waals surface area contributed by atoms with Crippen molar-refractivity contribution in [3.8, 4) is 0 Å². The monoisotopic (exact) mass is 309 g/mol. The highest BCUT2D eigenvalue weighted by molar-refractivity contribution is 6.40. The second-order valence-electron chi connectivity index (χ2n) is 4.20. The largest absolute Gasteiger partial charge is 0.306 e. The molecule has 0 saturated heterocycles. The van der Waals surface area contributed by atoms with Crippen molar-refractivity contribution in [2.45, 2.75) is 20.3 Å². The molecule has 0 aliphatic heterocycles. The van der Waals surface area contributed by atoms with Gasteiger partial charge in [0.2, 0.25) is 0 Å². The molecule has 1 N–H and O–H groups in total. The lowest BCUT2D eigenvalue weighted by Crippen LogP contribution is -2.15. The molecule has 0 aliphatic carbocycles. The van der Waals surface area contributed by atoms with Gasteiger partial charge in [-0.1, -0.05) is 36.2 Å². The van der Waals surface area contributed by atoms with Gasteiger partial charge in [-0.25, -0.2) is 9.97 Å². The van der Waals surface area contributed by atoms with Gasteiger partial charge in [0.05, 0.1) is 15.6 Å². The molecule has 1 heterocycles. The van der Waals surface area contributed by atoms with E-state index in [4.69, 9.17) is 23.2 Å². The maximum Gasteiger partial charge on any atom is 0.259 e. The van der Waals surface area contributed by atoms with Crippen LogP contribution in [0.4, 0.5) is 5.82 Å². The molecule has 0 bridgehead atoms. The Labute approximate surface area is 127 Å². The van der Waals surface area contributed by atoms with Gasteiger partial charge >= 0.3 is 0 Å². The molecule has 0 aliphatic rings. The van der Waals surface area contributed by atoms with Crippen LogP contribution in [-0.2, 0) is 6.42 Å². The minimum Gasteiger partial charge on any atom is -0.306 e. The summed E-state index contributed by atoms with van der Waals surface area (Å²) in [4.78, 5) is 20.7.